The van der Waals surface area contributed by atoms with Crippen LogP contribution in [0.5, 0.6) is 0 Å². The molecule has 3 heteroatoms. The van der Waals surface area contributed by atoms with Crippen LogP contribution in [0.1, 0.15) is 39.2 Å². The molecule has 1 N–H and O–H groups in total. The average Bonchev–Trinajstić information content (AvgIpc) is 2.87. The van der Waals surface area contributed by atoms with E-state index in [1.54, 1.807) is 0 Å². The van der Waals surface area contributed by atoms with Crippen LogP contribution in [-0.4, -0.2) is 17.2 Å². The highest BCUT2D eigenvalue weighted by Crippen LogP contribution is 2.17. The predicted octanol–water partition coefficient (Wildman–Crippen LogP) is 3.93. The molecule has 0 spiro atoms. The Morgan fingerprint density at radius 2 is 2.00 bits per heavy atom. The number of hydrogen-bond acceptors (Lipinski definition) is 2. The second-order valence-corrected chi connectivity index (χ2v) is 6.22. The fourth-order valence-electron chi connectivity index (χ4n) is 2.57. The zero-order valence-electron chi connectivity index (χ0n) is 13.3. The fraction of sp³-hybridized carbons (Fsp3) is 0.500. The van der Waals surface area contributed by atoms with Gasteiger partial charge in [-0.3, -0.25) is 0 Å². The smallest absolute Gasteiger partial charge is 0.0992 e. The van der Waals surface area contributed by atoms with Gasteiger partial charge < -0.3 is 9.88 Å². The number of fused-ring (bicyclic) bond motifs is 1. The lowest BCUT2D eigenvalue weighted by Crippen LogP contribution is -2.29. The Labute approximate surface area is 127 Å². The largest absolute Gasteiger partial charge is 0.346 e. The van der Waals surface area contributed by atoms with E-state index < -0.39 is 0 Å². The molecule has 0 aliphatic rings. The number of nitrogens with one attached hydrogen (secondary N) is 1. The molecule has 1 aromatic heterocycles. The summed E-state index contributed by atoms with van der Waals surface area (Å²) in [5.41, 5.74) is 1.87. The fourth-order valence-corrected chi connectivity index (χ4v) is 2.57. The molecule has 21 heavy (non-hydrogen) atoms. The van der Waals surface area contributed by atoms with E-state index in [9.17, 15) is 0 Å². The van der Waals surface area contributed by atoms with E-state index in [1.807, 2.05) is 18.2 Å². The number of hydrogen-bond donors (Lipinski definition) is 1. The van der Waals surface area contributed by atoms with Crippen molar-refractivity contribution in [3.05, 3.63) is 36.0 Å². The van der Waals surface area contributed by atoms with Crippen molar-refractivity contribution in [3.8, 4) is 6.07 Å². The summed E-state index contributed by atoms with van der Waals surface area (Å²) in [6.07, 6.45) is 4.60. The Morgan fingerprint density at radius 1 is 1.19 bits per heavy atom. The molecule has 0 aliphatic heterocycles. The zero-order chi connectivity index (χ0) is 15.2. The van der Waals surface area contributed by atoms with Crippen LogP contribution in [0.15, 0.2) is 30.5 Å². The van der Waals surface area contributed by atoms with Gasteiger partial charge in [-0.2, -0.15) is 5.26 Å². The summed E-state index contributed by atoms with van der Waals surface area (Å²) in [6, 6.07) is 10.7. The number of nitrogens with zero attached hydrogens (tertiary/aromatic N) is 2. The zero-order valence-corrected chi connectivity index (χ0v) is 13.3. The number of nitriles is 1. The first kappa shape index (κ1) is 15.6. The summed E-state index contributed by atoms with van der Waals surface area (Å²) in [5, 5.41) is 13.8. The van der Waals surface area contributed by atoms with E-state index >= 15 is 0 Å². The molecule has 1 unspecified atom stereocenters. The Balaban J connectivity index is 1.90. The maximum Gasteiger partial charge on any atom is 0.0992 e. The molecule has 1 heterocycles. The van der Waals surface area contributed by atoms with E-state index in [0.29, 0.717) is 6.04 Å². The van der Waals surface area contributed by atoms with Crippen molar-refractivity contribution < 1.29 is 0 Å². The van der Waals surface area contributed by atoms with Crippen molar-refractivity contribution in [2.45, 2.75) is 46.2 Å². The van der Waals surface area contributed by atoms with Crippen LogP contribution in [0, 0.1) is 17.2 Å². The monoisotopic (exact) mass is 283 g/mol. The maximum absolute atomic E-state index is 9.01. The summed E-state index contributed by atoms with van der Waals surface area (Å²) < 4.78 is 2.22. The van der Waals surface area contributed by atoms with Gasteiger partial charge in [-0.1, -0.05) is 19.9 Å². The lowest BCUT2D eigenvalue weighted by Gasteiger charge is -2.15. The minimum atomic E-state index is 0.559. The van der Waals surface area contributed by atoms with Crippen LogP contribution in [0.2, 0.25) is 0 Å². The molecule has 3 nitrogen and oxygen atoms in total. The van der Waals surface area contributed by atoms with E-state index in [-0.39, 0.29) is 0 Å². The normalized spacial score (nSPS) is 12.7. The summed E-state index contributed by atoms with van der Waals surface area (Å²) in [6.45, 7) is 8.69. The number of aromatic nitrogens is 1. The van der Waals surface area contributed by atoms with Crippen LogP contribution in [0.3, 0.4) is 0 Å². The molecule has 1 aromatic carbocycles. The highest BCUT2D eigenvalue weighted by atomic mass is 15.0. The van der Waals surface area contributed by atoms with Gasteiger partial charge in [0.15, 0.2) is 0 Å². The molecule has 0 aliphatic carbocycles. The van der Waals surface area contributed by atoms with Gasteiger partial charge in [0.2, 0.25) is 0 Å². The van der Waals surface area contributed by atoms with Crippen LogP contribution >= 0.6 is 0 Å². The Hall–Kier alpha value is -1.79. The summed E-state index contributed by atoms with van der Waals surface area (Å²) >= 11 is 0. The van der Waals surface area contributed by atoms with Gasteiger partial charge in [0.05, 0.1) is 11.6 Å². The quantitative estimate of drug-likeness (QED) is 0.836. The van der Waals surface area contributed by atoms with Crippen LogP contribution in [0.25, 0.3) is 10.9 Å². The lowest BCUT2D eigenvalue weighted by molar-refractivity contribution is 0.443. The topological polar surface area (TPSA) is 40.8 Å². The van der Waals surface area contributed by atoms with Gasteiger partial charge in [0.1, 0.15) is 0 Å². The lowest BCUT2D eigenvalue weighted by atomic mass is 10.0. The van der Waals surface area contributed by atoms with E-state index in [4.69, 9.17) is 5.26 Å². The molecule has 0 fully saturated rings. The highest BCUT2D eigenvalue weighted by Gasteiger charge is 2.05. The average molecular weight is 283 g/mol. The van der Waals surface area contributed by atoms with Crippen LogP contribution in [0.4, 0.5) is 0 Å². The predicted molar refractivity (Wildman–Crippen MR) is 88.2 cm³/mol. The molecule has 0 radical (unpaired) electrons. The molecular weight excluding hydrogens is 258 g/mol. The van der Waals surface area contributed by atoms with Gasteiger partial charge in [0.25, 0.3) is 0 Å². The van der Waals surface area contributed by atoms with Crippen LogP contribution < -0.4 is 5.32 Å². The van der Waals surface area contributed by atoms with Crippen LogP contribution in [-0.2, 0) is 6.54 Å². The van der Waals surface area contributed by atoms with Crippen molar-refractivity contribution in [1.82, 2.24) is 9.88 Å². The second-order valence-electron chi connectivity index (χ2n) is 6.22. The first-order valence-electron chi connectivity index (χ1n) is 7.82. The van der Waals surface area contributed by atoms with Gasteiger partial charge in [0, 0.05) is 30.8 Å². The molecule has 0 saturated heterocycles. The second kappa shape index (κ2) is 7.28. The van der Waals surface area contributed by atoms with E-state index in [1.165, 1.54) is 18.2 Å². The van der Waals surface area contributed by atoms with Gasteiger partial charge in [-0.05, 0) is 49.3 Å². The van der Waals surface area contributed by atoms with Crippen molar-refractivity contribution >= 4 is 10.9 Å². The number of rotatable bonds is 7. The molecule has 0 saturated carbocycles. The molecule has 0 amide bonds. The van der Waals surface area contributed by atoms with Gasteiger partial charge in [-0.15, -0.1) is 0 Å². The standard InChI is InChI=1S/C18H25N3/c1-14(2)4-5-15(3)20-9-11-21-10-8-17-7-6-16(13-19)12-18(17)21/h6-8,10,12,14-15,20H,4-5,9,11H2,1-3H3. The van der Waals surface area contributed by atoms with Crippen molar-refractivity contribution in [1.29, 1.82) is 5.26 Å². The third-order valence-electron chi connectivity index (χ3n) is 3.93. The SMILES string of the molecule is CC(C)CCC(C)NCCn1ccc2ccc(C#N)cc21. The highest BCUT2D eigenvalue weighted by molar-refractivity contribution is 5.81. The third kappa shape index (κ3) is 4.34. The Kier molecular flexibility index (Phi) is 5.41. The minimum Gasteiger partial charge on any atom is -0.346 e. The molecule has 0 bridgehead atoms. The van der Waals surface area contributed by atoms with E-state index in [0.717, 1.165) is 30.1 Å². The Morgan fingerprint density at radius 3 is 2.71 bits per heavy atom. The van der Waals surface area contributed by atoms with Crippen molar-refractivity contribution in [2.24, 2.45) is 5.92 Å². The third-order valence-corrected chi connectivity index (χ3v) is 3.93. The maximum atomic E-state index is 9.01. The molecule has 112 valence electrons. The minimum absolute atomic E-state index is 0.559. The Bertz CT molecular complexity index is 619. The van der Waals surface area contributed by atoms with Crippen molar-refractivity contribution in [2.75, 3.05) is 6.54 Å². The molecule has 1 atom stereocenters. The van der Waals surface area contributed by atoms with Gasteiger partial charge >= 0.3 is 0 Å². The van der Waals surface area contributed by atoms with Gasteiger partial charge in [-0.25, -0.2) is 0 Å². The van der Waals surface area contributed by atoms with Crippen molar-refractivity contribution in [3.63, 3.8) is 0 Å². The first-order chi connectivity index (χ1) is 10.1. The first-order valence-corrected chi connectivity index (χ1v) is 7.82. The summed E-state index contributed by atoms with van der Waals surface area (Å²) in [4.78, 5) is 0. The molecule has 2 rings (SSSR count). The van der Waals surface area contributed by atoms with E-state index in [2.05, 4.69) is 49.0 Å². The molecule has 2 aromatic rings. The summed E-state index contributed by atoms with van der Waals surface area (Å²) in [7, 11) is 0. The number of benzene rings is 1. The molecular formula is C18H25N3. The summed E-state index contributed by atoms with van der Waals surface area (Å²) in [5.74, 6) is 0.770.